The predicted octanol–water partition coefficient (Wildman–Crippen LogP) is 3.61. The molecule has 0 fully saturated rings. The van der Waals surface area contributed by atoms with Gasteiger partial charge in [0, 0.05) is 28.9 Å². The zero-order valence-electron chi connectivity index (χ0n) is 17.0. The molecule has 2 aromatic rings. The quantitative estimate of drug-likeness (QED) is 0.610. The van der Waals surface area contributed by atoms with E-state index in [-0.39, 0.29) is 28.7 Å². The summed E-state index contributed by atoms with van der Waals surface area (Å²) >= 11 is 0. The van der Waals surface area contributed by atoms with Gasteiger partial charge in [0.15, 0.2) is 0 Å². The molecule has 0 saturated heterocycles. The topological polar surface area (TPSA) is 104 Å². The second kappa shape index (κ2) is 9.67. The summed E-state index contributed by atoms with van der Waals surface area (Å²) in [6.07, 6.45) is 0.688. The van der Waals surface area contributed by atoms with E-state index in [1.165, 1.54) is 12.1 Å². The molecule has 29 heavy (non-hydrogen) atoms. The van der Waals surface area contributed by atoms with Gasteiger partial charge in [0.2, 0.25) is 15.9 Å². The smallest absolute Gasteiger partial charge is 0.255 e. The van der Waals surface area contributed by atoms with Gasteiger partial charge >= 0.3 is 0 Å². The second-order valence-corrected chi connectivity index (χ2v) is 8.84. The maximum absolute atomic E-state index is 12.4. The van der Waals surface area contributed by atoms with Crippen LogP contribution in [0.25, 0.3) is 0 Å². The molecule has 156 valence electrons. The van der Waals surface area contributed by atoms with Gasteiger partial charge in [-0.1, -0.05) is 20.8 Å². The summed E-state index contributed by atoms with van der Waals surface area (Å²) in [6.45, 7) is 7.30. The fraction of sp³-hybridized carbons (Fsp3) is 0.333. The van der Waals surface area contributed by atoms with E-state index in [1.54, 1.807) is 57.2 Å². The van der Waals surface area contributed by atoms with E-state index in [4.69, 9.17) is 0 Å². The number of carbonyl (C=O) groups excluding carboxylic acids is 2. The average molecular weight is 418 g/mol. The number of nitrogens with one attached hydrogen (secondary N) is 3. The van der Waals surface area contributed by atoms with E-state index in [2.05, 4.69) is 15.4 Å². The number of sulfonamides is 1. The number of rotatable bonds is 8. The van der Waals surface area contributed by atoms with Crippen LogP contribution in [0.2, 0.25) is 0 Å². The standard InChI is InChI=1S/C21H27N3O4S/c1-5-15(4)24-29(27,28)19-12-10-18(11-13-19)23-21(26)16-6-8-17(9-7-16)22-20(25)14(2)3/h6-15,24H,5H2,1-4H3,(H,22,25)(H,23,26). The Morgan fingerprint density at radius 2 is 1.38 bits per heavy atom. The number of benzene rings is 2. The molecule has 0 heterocycles. The first-order valence-electron chi connectivity index (χ1n) is 9.47. The summed E-state index contributed by atoms with van der Waals surface area (Å²) < 4.78 is 27.1. The fourth-order valence-corrected chi connectivity index (χ4v) is 3.66. The van der Waals surface area contributed by atoms with E-state index in [0.717, 1.165) is 0 Å². The lowest BCUT2D eigenvalue weighted by Gasteiger charge is -2.12. The van der Waals surface area contributed by atoms with Gasteiger partial charge in [-0.25, -0.2) is 13.1 Å². The van der Waals surface area contributed by atoms with Crippen LogP contribution >= 0.6 is 0 Å². The normalized spacial score (nSPS) is 12.4. The molecule has 0 aromatic heterocycles. The van der Waals surface area contributed by atoms with Gasteiger partial charge in [0.25, 0.3) is 5.91 Å². The van der Waals surface area contributed by atoms with Crippen molar-refractivity contribution in [2.45, 2.75) is 45.1 Å². The van der Waals surface area contributed by atoms with Crippen molar-refractivity contribution in [3.05, 3.63) is 54.1 Å². The molecule has 3 N–H and O–H groups in total. The third-order valence-corrected chi connectivity index (χ3v) is 5.94. The molecular weight excluding hydrogens is 390 g/mol. The molecular formula is C21H27N3O4S. The molecule has 0 saturated carbocycles. The van der Waals surface area contributed by atoms with Gasteiger partial charge in [0.1, 0.15) is 0 Å². The summed E-state index contributed by atoms with van der Waals surface area (Å²) in [5.74, 6) is -0.565. The maximum atomic E-state index is 12.4. The average Bonchev–Trinajstić information content (AvgIpc) is 2.68. The van der Waals surface area contributed by atoms with Crippen LogP contribution in [0.4, 0.5) is 11.4 Å². The third-order valence-electron chi connectivity index (χ3n) is 4.33. The number of carbonyl (C=O) groups is 2. The Hall–Kier alpha value is -2.71. The van der Waals surface area contributed by atoms with Gasteiger partial charge in [-0.05, 0) is 61.9 Å². The second-order valence-electron chi connectivity index (χ2n) is 7.13. The molecule has 0 bridgehead atoms. The van der Waals surface area contributed by atoms with Crippen LogP contribution in [0.3, 0.4) is 0 Å². The lowest BCUT2D eigenvalue weighted by atomic mass is 10.1. The Bertz CT molecular complexity index is 952. The molecule has 0 aliphatic heterocycles. The van der Waals surface area contributed by atoms with Crippen LogP contribution in [0.15, 0.2) is 53.4 Å². The highest BCUT2D eigenvalue weighted by Gasteiger charge is 2.16. The summed E-state index contributed by atoms with van der Waals surface area (Å²) in [5, 5.41) is 5.49. The lowest BCUT2D eigenvalue weighted by molar-refractivity contribution is -0.118. The minimum absolute atomic E-state index is 0.0972. The van der Waals surface area contributed by atoms with Crippen molar-refractivity contribution in [3.8, 4) is 0 Å². The Morgan fingerprint density at radius 3 is 1.90 bits per heavy atom. The largest absolute Gasteiger partial charge is 0.326 e. The van der Waals surface area contributed by atoms with Gasteiger partial charge in [-0.3, -0.25) is 9.59 Å². The first kappa shape index (κ1) is 22.6. The van der Waals surface area contributed by atoms with Crippen molar-refractivity contribution < 1.29 is 18.0 Å². The highest BCUT2D eigenvalue weighted by atomic mass is 32.2. The lowest BCUT2D eigenvalue weighted by Crippen LogP contribution is -2.31. The Labute approximate surface area is 172 Å². The first-order chi connectivity index (χ1) is 13.6. The van der Waals surface area contributed by atoms with Crippen LogP contribution in [-0.2, 0) is 14.8 Å². The third kappa shape index (κ3) is 6.40. The van der Waals surface area contributed by atoms with Crippen molar-refractivity contribution in [1.82, 2.24) is 4.72 Å². The number of hydrogen-bond donors (Lipinski definition) is 3. The Balaban J connectivity index is 2.03. The highest BCUT2D eigenvalue weighted by molar-refractivity contribution is 7.89. The molecule has 1 atom stereocenters. The van der Waals surface area contributed by atoms with Gasteiger partial charge in [-0.2, -0.15) is 0 Å². The van der Waals surface area contributed by atoms with Crippen molar-refractivity contribution in [1.29, 1.82) is 0 Å². The van der Waals surface area contributed by atoms with E-state index in [1.807, 2.05) is 6.92 Å². The first-order valence-corrected chi connectivity index (χ1v) is 11.0. The van der Waals surface area contributed by atoms with Crippen LogP contribution in [-0.4, -0.2) is 26.3 Å². The van der Waals surface area contributed by atoms with E-state index < -0.39 is 10.0 Å². The monoisotopic (exact) mass is 417 g/mol. The predicted molar refractivity (Wildman–Crippen MR) is 114 cm³/mol. The van der Waals surface area contributed by atoms with Crippen LogP contribution in [0, 0.1) is 5.92 Å². The molecule has 0 radical (unpaired) electrons. The number of anilines is 2. The Kier molecular flexibility index (Phi) is 7.53. The van der Waals surface area contributed by atoms with Crippen molar-refractivity contribution in [2.75, 3.05) is 10.6 Å². The molecule has 2 amide bonds. The van der Waals surface area contributed by atoms with Crippen molar-refractivity contribution >= 4 is 33.2 Å². The summed E-state index contributed by atoms with van der Waals surface area (Å²) in [6, 6.07) is 12.4. The molecule has 2 aromatic carbocycles. The van der Waals surface area contributed by atoms with Crippen LogP contribution < -0.4 is 15.4 Å². The molecule has 1 unspecified atom stereocenters. The van der Waals surface area contributed by atoms with Gasteiger partial charge in [-0.15, -0.1) is 0 Å². The highest BCUT2D eigenvalue weighted by Crippen LogP contribution is 2.17. The summed E-state index contributed by atoms with van der Waals surface area (Å²) in [7, 11) is -3.59. The Morgan fingerprint density at radius 1 is 0.862 bits per heavy atom. The molecule has 0 aliphatic rings. The zero-order valence-corrected chi connectivity index (χ0v) is 17.8. The van der Waals surface area contributed by atoms with E-state index >= 15 is 0 Å². The minimum Gasteiger partial charge on any atom is -0.326 e. The molecule has 8 heteroatoms. The number of amides is 2. The minimum atomic E-state index is -3.59. The zero-order chi connectivity index (χ0) is 21.6. The SMILES string of the molecule is CCC(C)NS(=O)(=O)c1ccc(NC(=O)c2ccc(NC(=O)C(C)C)cc2)cc1. The molecule has 0 spiro atoms. The van der Waals surface area contributed by atoms with E-state index in [9.17, 15) is 18.0 Å². The molecule has 0 aliphatic carbocycles. The fourth-order valence-electron chi connectivity index (χ4n) is 2.33. The maximum Gasteiger partial charge on any atom is 0.255 e. The molecule has 2 rings (SSSR count). The van der Waals surface area contributed by atoms with Gasteiger partial charge in [0.05, 0.1) is 4.90 Å². The summed E-state index contributed by atoms with van der Waals surface area (Å²) in [4.78, 5) is 24.2. The number of hydrogen-bond acceptors (Lipinski definition) is 4. The van der Waals surface area contributed by atoms with E-state index in [0.29, 0.717) is 23.4 Å². The van der Waals surface area contributed by atoms with Crippen molar-refractivity contribution in [2.24, 2.45) is 5.92 Å². The molecule has 7 nitrogen and oxygen atoms in total. The summed E-state index contributed by atoms with van der Waals surface area (Å²) in [5.41, 5.74) is 1.51. The van der Waals surface area contributed by atoms with Crippen LogP contribution in [0.5, 0.6) is 0 Å². The van der Waals surface area contributed by atoms with Gasteiger partial charge < -0.3 is 10.6 Å². The van der Waals surface area contributed by atoms with Crippen LogP contribution in [0.1, 0.15) is 44.5 Å². The van der Waals surface area contributed by atoms with Crippen molar-refractivity contribution in [3.63, 3.8) is 0 Å².